The average Bonchev–Trinajstić information content (AvgIpc) is 2.05. The number of sulfonamides is 1. The maximum absolute atomic E-state index is 11.2. The molecule has 82 valence electrons. The van der Waals surface area contributed by atoms with Crippen LogP contribution < -0.4 is 4.72 Å². The summed E-state index contributed by atoms with van der Waals surface area (Å²) in [4.78, 5) is 11.2. The molecule has 1 aromatic carbocycles. The van der Waals surface area contributed by atoms with Crippen molar-refractivity contribution in [2.24, 2.45) is 0 Å². The maximum Gasteiger partial charge on any atom is 0.237 e. The smallest absolute Gasteiger partial charge is 0.237 e. The number of halogens is 1. The average molecular weight is 292 g/mol. The Bertz CT molecular complexity index is 453. The van der Waals surface area contributed by atoms with Crippen molar-refractivity contribution in [2.75, 3.05) is 6.26 Å². The van der Waals surface area contributed by atoms with Crippen molar-refractivity contribution in [2.45, 2.75) is 6.42 Å². The van der Waals surface area contributed by atoms with Gasteiger partial charge in [0.2, 0.25) is 15.9 Å². The molecule has 0 atom stereocenters. The van der Waals surface area contributed by atoms with E-state index >= 15 is 0 Å². The number of nitrogens with one attached hydrogen (secondary N) is 1. The molecule has 6 heteroatoms. The fraction of sp³-hybridized carbons (Fsp3) is 0.222. The molecule has 4 nitrogen and oxygen atoms in total. The first kappa shape index (κ1) is 12.2. The third-order valence-corrected chi connectivity index (χ3v) is 2.70. The molecule has 0 aliphatic heterocycles. The summed E-state index contributed by atoms with van der Waals surface area (Å²) in [6.07, 6.45) is 1.01. The van der Waals surface area contributed by atoms with E-state index in [9.17, 15) is 13.2 Å². The van der Waals surface area contributed by atoms with Gasteiger partial charge in [-0.15, -0.1) is 0 Å². The molecule has 1 amide bonds. The van der Waals surface area contributed by atoms with Gasteiger partial charge < -0.3 is 0 Å². The molecule has 0 spiro atoms. The van der Waals surface area contributed by atoms with Crippen molar-refractivity contribution in [1.82, 2.24) is 4.72 Å². The zero-order valence-electron chi connectivity index (χ0n) is 8.03. The Hall–Kier alpha value is -0.880. The molecular formula is C9H10BrNO3S. The van der Waals surface area contributed by atoms with Crippen LogP contribution in [0.15, 0.2) is 28.7 Å². The second kappa shape index (κ2) is 4.76. The summed E-state index contributed by atoms with van der Waals surface area (Å²) >= 11 is 3.26. The van der Waals surface area contributed by atoms with Gasteiger partial charge in [0.15, 0.2) is 0 Å². The lowest BCUT2D eigenvalue weighted by Gasteiger charge is -2.02. The predicted octanol–water partition coefficient (Wildman–Crippen LogP) is 1.07. The molecule has 15 heavy (non-hydrogen) atoms. The first-order valence-corrected chi connectivity index (χ1v) is 6.80. The van der Waals surface area contributed by atoms with Gasteiger partial charge in [-0.2, -0.15) is 0 Å². The third kappa shape index (κ3) is 4.94. The standard InChI is InChI=1S/C9H10BrNO3S/c1-15(13,14)11-9(12)6-7-2-4-8(10)5-3-7/h2-5H,6H2,1H3,(H,11,12). The van der Waals surface area contributed by atoms with Crippen LogP contribution in [0.25, 0.3) is 0 Å². The van der Waals surface area contributed by atoms with E-state index in [1.165, 1.54) is 0 Å². The summed E-state index contributed by atoms with van der Waals surface area (Å²) < 4.78 is 24.3. The third-order valence-electron chi connectivity index (χ3n) is 1.58. The topological polar surface area (TPSA) is 63.2 Å². The Morgan fingerprint density at radius 2 is 1.87 bits per heavy atom. The number of carbonyl (C=O) groups is 1. The quantitative estimate of drug-likeness (QED) is 0.906. The molecule has 0 fully saturated rings. The van der Waals surface area contributed by atoms with E-state index in [-0.39, 0.29) is 6.42 Å². The summed E-state index contributed by atoms with van der Waals surface area (Å²) in [7, 11) is -3.46. The van der Waals surface area contributed by atoms with E-state index in [0.29, 0.717) is 0 Å². The fourth-order valence-electron chi connectivity index (χ4n) is 1.03. The van der Waals surface area contributed by atoms with Crippen LogP contribution in [0.5, 0.6) is 0 Å². The summed E-state index contributed by atoms with van der Waals surface area (Å²) in [6, 6.07) is 7.10. The molecule has 0 aliphatic rings. The van der Waals surface area contributed by atoms with E-state index < -0.39 is 15.9 Å². The first-order valence-electron chi connectivity index (χ1n) is 4.12. The van der Waals surface area contributed by atoms with Gasteiger partial charge in [0.05, 0.1) is 12.7 Å². The molecule has 0 heterocycles. The van der Waals surface area contributed by atoms with E-state index in [1.807, 2.05) is 4.72 Å². The summed E-state index contributed by atoms with van der Waals surface area (Å²) in [5, 5.41) is 0. The van der Waals surface area contributed by atoms with Crippen molar-refractivity contribution >= 4 is 31.9 Å². The van der Waals surface area contributed by atoms with E-state index in [0.717, 1.165) is 16.3 Å². The van der Waals surface area contributed by atoms with Crippen LogP contribution in [0.1, 0.15) is 5.56 Å². The minimum absolute atomic E-state index is 0.0559. The van der Waals surface area contributed by atoms with Crippen LogP contribution in [0, 0.1) is 0 Å². The highest BCUT2D eigenvalue weighted by atomic mass is 79.9. The maximum atomic E-state index is 11.2. The van der Waals surface area contributed by atoms with Crippen molar-refractivity contribution in [3.63, 3.8) is 0 Å². The molecule has 0 saturated carbocycles. The molecule has 1 N–H and O–H groups in total. The van der Waals surface area contributed by atoms with Crippen molar-refractivity contribution in [1.29, 1.82) is 0 Å². The van der Waals surface area contributed by atoms with Gasteiger partial charge in [-0.3, -0.25) is 9.52 Å². The van der Waals surface area contributed by atoms with Crippen molar-refractivity contribution in [3.05, 3.63) is 34.3 Å². The summed E-state index contributed by atoms with van der Waals surface area (Å²) in [5.41, 5.74) is 0.763. The van der Waals surface area contributed by atoms with E-state index in [1.54, 1.807) is 24.3 Å². The Kier molecular flexibility index (Phi) is 3.87. The lowest BCUT2D eigenvalue weighted by molar-refractivity contribution is -0.118. The Morgan fingerprint density at radius 3 is 2.33 bits per heavy atom. The van der Waals surface area contributed by atoms with Gasteiger partial charge in [-0.05, 0) is 17.7 Å². The largest absolute Gasteiger partial charge is 0.274 e. The molecule has 0 unspecified atom stereocenters. The fourth-order valence-corrected chi connectivity index (χ4v) is 1.78. The Labute approximate surface area is 96.9 Å². The molecule has 0 aliphatic carbocycles. The lowest BCUT2D eigenvalue weighted by Crippen LogP contribution is -2.30. The Balaban J connectivity index is 2.63. The highest BCUT2D eigenvalue weighted by Crippen LogP contribution is 2.10. The zero-order valence-corrected chi connectivity index (χ0v) is 10.4. The van der Waals surface area contributed by atoms with E-state index in [2.05, 4.69) is 15.9 Å². The predicted molar refractivity (Wildman–Crippen MR) is 60.8 cm³/mol. The monoisotopic (exact) mass is 291 g/mol. The number of amides is 1. The minimum Gasteiger partial charge on any atom is -0.274 e. The van der Waals surface area contributed by atoms with Gasteiger partial charge in [-0.1, -0.05) is 28.1 Å². The van der Waals surface area contributed by atoms with Gasteiger partial charge in [-0.25, -0.2) is 8.42 Å². The van der Waals surface area contributed by atoms with E-state index in [4.69, 9.17) is 0 Å². The molecule has 0 saturated heterocycles. The molecule has 0 bridgehead atoms. The lowest BCUT2D eigenvalue weighted by atomic mass is 10.1. The Morgan fingerprint density at radius 1 is 1.33 bits per heavy atom. The van der Waals surface area contributed by atoms with Crippen molar-refractivity contribution in [3.8, 4) is 0 Å². The van der Waals surface area contributed by atoms with Crippen molar-refractivity contribution < 1.29 is 13.2 Å². The second-order valence-electron chi connectivity index (χ2n) is 3.10. The number of carbonyl (C=O) groups excluding carboxylic acids is 1. The van der Waals surface area contributed by atoms with Gasteiger partial charge >= 0.3 is 0 Å². The van der Waals surface area contributed by atoms with Crippen LogP contribution in [-0.4, -0.2) is 20.6 Å². The minimum atomic E-state index is -3.46. The molecular weight excluding hydrogens is 282 g/mol. The van der Waals surface area contributed by atoms with Gasteiger partial charge in [0.25, 0.3) is 0 Å². The van der Waals surface area contributed by atoms with Crippen LogP contribution >= 0.6 is 15.9 Å². The highest BCUT2D eigenvalue weighted by Gasteiger charge is 2.08. The molecule has 1 aromatic rings. The van der Waals surface area contributed by atoms with Crippen LogP contribution in [0.2, 0.25) is 0 Å². The van der Waals surface area contributed by atoms with Gasteiger partial charge in [0, 0.05) is 4.47 Å². The van der Waals surface area contributed by atoms with Crippen LogP contribution in [-0.2, 0) is 21.2 Å². The zero-order chi connectivity index (χ0) is 11.5. The SMILES string of the molecule is CS(=O)(=O)NC(=O)Cc1ccc(Br)cc1. The number of benzene rings is 1. The summed E-state index contributed by atoms with van der Waals surface area (Å²) in [6.45, 7) is 0. The van der Waals surface area contributed by atoms with Crippen LogP contribution in [0.3, 0.4) is 0 Å². The number of hydrogen-bond donors (Lipinski definition) is 1. The molecule has 0 radical (unpaired) electrons. The summed E-state index contributed by atoms with van der Waals surface area (Å²) in [5.74, 6) is -0.528. The number of hydrogen-bond acceptors (Lipinski definition) is 3. The molecule has 0 aromatic heterocycles. The number of rotatable bonds is 3. The molecule has 1 rings (SSSR count). The van der Waals surface area contributed by atoms with Crippen LogP contribution in [0.4, 0.5) is 0 Å². The highest BCUT2D eigenvalue weighted by molar-refractivity contribution is 9.10. The first-order chi connectivity index (χ1) is 6.87. The normalized spacial score (nSPS) is 11.1. The second-order valence-corrected chi connectivity index (χ2v) is 5.76. The van der Waals surface area contributed by atoms with Gasteiger partial charge in [0.1, 0.15) is 0 Å².